The third-order valence-corrected chi connectivity index (χ3v) is 6.98. The number of anilines is 1. The van der Waals surface area contributed by atoms with E-state index in [0.29, 0.717) is 28.9 Å². The normalized spacial score (nSPS) is 36.6. The minimum absolute atomic E-state index is 0.000454. The quantitative estimate of drug-likeness (QED) is 0.511. The summed E-state index contributed by atoms with van der Waals surface area (Å²) < 4.78 is 78.9. The molecular weight excluding hydrogens is 388 g/mol. The highest BCUT2D eigenvalue weighted by molar-refractivity contribution is 6.22. The first-order valence-electron chi connectivity index (χ1n) is 9.16. The van der Waals surface area contributed by atoms with Crippen molar-refractivity contribution >= 4 is 17.5 Å². The van der Waals surface area contributed by atoms with Crippen molar-refractivity contribution < 1.29 is 35.9 Å². The lowest BCUT2D eigenvalue weighted by molar-refractivity contribution is -0.143. The van der Waals surface area contributed by atoms with Crippen molar-refractivity contribution in [2.45, 2.75) is 31.6 Å². The van der Waals surface area contributed by atoms with Crippen LogP contribution in [0.2, 0.25) is 0 Å². The van der Waals surface area contributed by atoms with Crippen LogP contribution in [0.1, 0.15) is 30.4 Å². The van der Waals surface area contributed by atoms with E-state index in [2.05, 4.69) is 0 Å². The fraction of sp³-hybridized carbons (Fsp3) is 0.579. The number of hydrogen-bond acceptors (Lipinski definition) is 2. The Balaban J connectivity index is 1.60. The zero-order chi connectivity index (χ0) is 20.2. The number of imide groups is 1. The summed E-state index contributed by atoms with van der Waals surface area (Å²) in [6.07, 6.45) is -7.53. The van der Waals surface area contributed by atoms with Gasteiger partial charge in [-0.05, 0) is 61.1 Å². The fourth-order valence-electron chi connectivity index (χ4n) is 5.86. The van der Waals surface area contributed by atoms with Crippen molar-refractivity contribution in [3.05, 3.63) is 29.3 Å². The monoisotopic (exact) mass is 403 g/mol. The highest BCUT2D eigenvalue weighted by atomic mass is 19.4. The third-order valence-electron chi connectivity index (χ3n) is 6.98. The molecule has 0 spiro atoms. The van der Waals surface area contributed by atoms with Crippen molar-refractivity contribution in [2.75, 3.05) is 4.90 Å². The Kier molecular flexibility index (Phi) is 3.41. The van der Waals surface area contributed by atoms with Crippen LogP contribution in [0.4, 0.5) is 32.0 Å². The summed E-state index contributed by atoms with van der Waals surface area (Å²) in [6.45, 7) is 0. The van der Waals surface area contributed by atoms with Gasteiger partial charge in [0.2, 0.25) is 11.8 Å². The van der Waals surface area contributed by atoms with Gasteiger partial charge in [0.1, 0.15) is 0 Å². The van der Waals surface area contributed by atoms with Crippen molar-refractivity contribution in [3.8, 4) is 0 Å². The molecule has 1 heterocycles. The average Bonchev–Trinajstić information content (AvgIpc) is 3.37. The molecule has 1 saturated heterocycles. The van der Waals surface area contributed by atoms with Crippen LogP contribution in [-0.2, 0) is 21.9 Å². The molecule has 3 nitrogen and oxygen atoms in total. The molecule has 5 aliphatic rings. The molecule has 0 aromatic heterocycles. The van der Waals surface area contributed by atoms with E-state index < -0.39 is 52.8 Å². The molecule has 6 rings (SSSR count). The molecule has 150 valence electrons. The van der Waals surface area contributed by atoms with Gasteiger partial charge in [0.05, 0.1) is 28.7 Å². The number of halogens is 6. The summed E-state index contributed by atoms with van der Waals surface area (Å²) in [4.78, 5) is 26.5. The molecule has 5 fully saturated rings. The SMILES string of the molecule is O=C1[C@@H]2[C@@H]3CC[C@@H]([C@H]4C[C@H]43)[C@@H]2C(=O)N1c1cc(C(F)(F)F)cc(C(F)(F)F)c1. The number of fused-ring (bicyclic) bond motifs is 1. The van der Waals surface area contributed by atoms with Crippen molar-refractivity contribution in [1.29, 1.82) is 0 Å². The van der Waals surface area contributed by atoms with E-state index in [0.717, 1.165) is 19.3 Å². The maximum absolute atomic E-state index is 13.1. The van der Waals surface area contributed by atoms with Gasteiger partial charge in [-0.15, -0.1) is 0 Å². The largest absolute Gasteiger partial charge is 0.416 e. The van der Waals surface area contributed by atoms with E-state index in [-0.39, 0.29) is 17.9 Å². The lowest BCUT2D eigenvalue weighted by atomic mass is 9.59. The van der Waals surface area contributed by atoms with Crippen molar-refractivity contribution in [2.24, 2.45) is 35.5 Å². The first-order valence-corrected chi connectivity index (χ1v) is 9.16. The Morgan fingerprint density at radius 2 is 1.14 bits per heavy atom. The minimum Gasteiger partial charge on any atom is -0.274 e. The number of amides is 2. The number of benzene rings is 1. The van der Waals surface area contributed by atoms with E-state index in [9.17, 15) is 35.9 Å². The van der Waals surface area contributed by atoms with Crippen LogP contribution in [-0.4, -0.2) is 11.8 Å². The van der Waals surface area contributed by atoms with Crippen LogP contribution < -0.4 is 4.90 Å². The summed E-state index contributed by atoms with van der Waals surface area (Å²) in [5, 5.41) is 0. The Labute approximate surface area is 155 Å². The zero-order valence-corrected chi connectivity index (χ0v) is 14.3. The van der Waals surface area contributed by atoms with Crippen LogP contribution in [0, 0.1) is 35.5 Å². The van der Waals surface area contributed by atoms with E-state index in [4.69, 9.17) is 0 Å². The van der Waals surface area contributed by atoms with Crippen LogP contribution in [0.15, 0.2) is 18.2 Å². The number of alkyl halides is 6. The summed E-state index contributed by atoms with van der Waals surface area (Å²) >= 11 is 0. The maximum Gasteiger partial charge on any atom is 0.416 e. The molecule has 4 aliphatic carbocycles. The van der Waals surface area contributed by atoms with E-state index in [1.807, 2.05) is 0 Å². The smallest absolute Gasteiger partial charge is 0.274 e. The van der Waals surface area contributed by atoms with Crippen molar-refractivity contribution in [1.82, 2.24) is 0 Å². The molecule has 0 N–H and O–H groups in total. The first kappa shape index (κ1) is 18.0. The summed E-state index contributed by atoms with van der Waals surface area (Å²) in [6, 6.07) is 0.927. The second-order valence-corrected chi connectivity index (χ2v) is 8.30. The highest BCUT2D eigenvalue weighted by Crippen LogP contribution is 2.68. The average molecular weight is 403 g/mol. The topological polar surface area (TPSA) is 37.4 Å². The number of rotatable bonds is 1. The Morgan fingerprint density at radius 3 is 1.54 bits per heavy atom. The van der Waals surface area contributed by atoms with Gasteiger partial charge < -0.3 is 0 Å². The second-order valence-electron chi connectivity index (χ2n) is 8.30. The Morgan fingerprint density at radius 1 is 0.714 bits per heavy atom. The summed E-state index contributed by atoms with van der Waals surface area (Å²) in [7, 11) is 0. The minimum atomic E-state index is -5.03. The van der Waals surface area contributed by atoms with Crippen molar-refractivity contribution in [3.63, 3.8) is 0 Å². The second kappa shape index (κ2) is 5.30. The summed E-state index contributed by atoms with van der Waals surface area (Å²) in [5.74, 6) is -1.78. The molecule has 2 amide bonds. The molecule has 9 heteroatoms. The molecule has 1 aromatic carbocycles. The van der Waals surface area contributed by atoms with Crippen LogP contribution >= 0.6 is 0 Å². The number of carbonyl (C=O) groups is 2. The molecule has 4 saturated carbocycles. The zero-order valence-electron chi connectivity index (χ0n) is 14.3. The summed E-state index contributed by atoms with van der Waals surface area (Å²) in [5.41, 5.74) is -3.70. The lowest BCUT2D eigenvalue weighted by Crippen LogP contribution is -2.43. The molecular formula is C19H15F6NO2. The van der Waals surface area contributed by atoms with E-state index in [1.54, 1.807) is 0 Å². The van der Waals surface area contributed by atoms with Gasteiger partial charge in [-0.3, -0.25) is 14.5 Å². The highest BCUT2D eigenvalue weighted by Gasteiger charge is 2.68. The molecule has 0 unspecified atom stereocenters. The van der Waals surface area contributed by atoms with Crippen LogP contribution in [0.5, 0.6) is 0 Å². The van der Waals surface area contributed by atoms with Gasteiger partial charge in [0.25, 0.3) is 0 Å². The van der Waals surface area contributed by atoms with Gasteiger partial charge in [-0.2, -0.15) is 26.3 Å². The van der Waals surface area contributed by atoms with Gasteiger partial charge in [-0.1, -0.05) is 0 Å². The number of carbonyl (C=O) groups excluding carboxylic acids is 2. The molecule has 1 aliphatic heterocycles. The lowest BCUT2D eigenvalue weighted by Gasteiger charge is -2.42. The van der Waals surface area contributed by atoms with E-state index >= 15 is 0 Å². The van der Waals surface area contributed by atoms with Crippen LogP contribution in [0.3, 0.4) is 0 Å². The van der Waals surface area contributed by atoms with E-state index in [1.165, 1.54) is 0 Å². The molecule has 28 heavy (non-hydrogen) atoms. The van der Waals surface area contributed by atoms with Gasteiger partial charge in [0.15, 0.2) is 0 Å². The van der Waals surface area contributed by atoms with Gasteiger partial charge in [0, 0.05) is 0 Å². The van der Waals surface area contributed by atoms with Gasteiger partial charge in [-0.25, -0.2) is 0 Å². The third kappa shape index (κ3) is 2.37. The number of nitrogens with zero attached hydrogens (tertiary/aromatic N) is 1. The fourth-order valence-corrected chi connectivity index (χ4v) is 5.86. The first-order chi connectivity index (χ1) is 13.0. The Bertz CT molecular complexity index is 825. The van der Waals surface area contributed by atoms with Gasteiger partial charge >= 0.3 is 12.4 Å². The molecule has 1 aromatic rings. The van der Waals surface area contributed by atoms with Crippen LogP contribution in [0.25, 0.3) is 0 Å². The molecule has 6 atom stereocenters. The standard InChI is InChI=1S/C19H15F6NO2/c20-18(21,22)7-3-8(19(23,24)25)5-9(4-7)26-16(27)14-10-1-2-11(13-6-12(10)13)15(14)17(26)28/h3-5,10-15H,1-2,6H2/t10-,11+,12+,13-,14-,15+. The predicted molar refractivity (Wildman–Crippen MR) is 83.7 cm³/mol. The number of hydrogen-bond donors (Lipinski definition) is 0. The molecule has 0 radical (unpaired) electrons. The predicted octanol–water partition coefficient (Wildman–Crippen LogP) is 4.51. The Hall–Kier alpha value is -2.06. The molecule has 2 bridgehead atoms. The maximum atomic E-state index is 13.1.